The zero-order valence-corrected chi connectivity index (χ0v) is 20.5. The fourth-order valence-corrected chi connectivity index (χ4v) is 5.57. The first-order valence-corrected chi connectivity index (χ1v) is 13.2. The standard InChI is InChI=1S/C27H31N3O3S/c1-2-3-8-15-33-22-13-11-21(12-14-22)30-25(31)17-24(27(30)32)34-26-20(18-28)16-19-9-6-4-5-7-10-23(19)29-26/h11-14,16,24H,2-10,15,17H2,1H3/t24-/m1/s1. The molecule has 178 valence electrons. The van der Waals surface area contributed by atoms with Gasteiger partial charge in [0.25, 0.3) is 0 Å². The van der Waals surface area contributed by atoms with Crippen LogP contribution in [0.4, 0.5) is 5.69 Å². The number of fused-ring (bicyclic) bond motifs is 1. The summed E-state index contributed by atoms with van der Waals surface area (Å²) in [6, 6.07) is 11.3. The molecule has 7 heteroatoms. The second kappa shape index (κ2) is 11.5. The van der Waals surface area contributed by atoms with Crippen LogP contribution in [-0.4, -0.2) is 28.7 Å². The van der Waals surface area contributed by atoms with E-state index in [1.54, 1.807) is 24.3 Å². The van der Waals surface area contributed by atoms with E-state index in [0.717, 1.165) is 62.0 Å². The number of anilines is 1. The molecule has 1 aliphatic heterocycles. The lowest BCUT2D eigenvalue weighted by atomic mass is 9.96. The molecule has 2 heterocycles. The van der Waals surface area contributed by atoms with E-state index in [1.165, 1.54) is 29.5 Å². The Morgan fingerprint density at radius 3 is 2.62 bits per heavy atom. The molecule has 0 unspecified atom stereocenters. The maximum atomic E-state index is 13.2. The Balaban J connectivity index is 1.47. The van der Waals surface area contributed by atoms with Crippen molar-refractivity contribution in [3.05, 3.63) is 47.2 Å². The van der Waals surface area contributed by atoms with Gasteiger partial charge in [0.2, 0.25) is 11.8 Å². The van der Waals surface area contributed by atoms with Crippen molar-refractivity contribution in [1.29, 1.82) is 5.26 Å². The van der Waals surface area contributed by atoms with E-state index in [-0.39, 0.29) is 18.2 Å². The highest BCUT2D eigenvalue weighted by Crippen LogP contribution is 2.36. The van der Waals surface area contributed by atoms with Gasteiger partial charge in [0.1, 0.15) is 16.8 Å². The fourth-order valence-electron chi connectivity index (χ4n) is 4.47. The number of benzene rings is 1. The van der Waals surface area contributed by atoms with Crippen molar-refractivity contribution in [3.63, 3.8) is 0 Å². The van der Waals surface area contributed by atoms with Crippen LogP contribution in [0.1, 0.15) is 75.1 Å². The third-order valence-corrected chi connectivity index (χ3v) is 7.54. The number of ether oxygens (including phenoxy) is 1. The molecule has 2 amide bonds. The number of thioether (sulfide) groups is 1. The minimum absolute atomic E-state index is 0.0996. The Labute approximate surface area is 205 Å². The number of unbranched alkanes of at least 4 members (excludes halogenated alkanes) is 2. The molecule has 0 saturated carbocycles. The maximum absolute atomic E-state index is 13.2. The van der Waals surface area contributed by atoms with E-state index < -0.39 is 5.25 Å². The quantitative estimate of drug-likeness (QED) is 0.363. The third kappa shape index (κ3) is 5.61. The average molecular weight is 478 g/mol. The molecule has 1 aromatic heterocycles. The van der Waals surface area contributed by atoms with Gasteiger partial charge < -0.3 is 4.74 Å². The average Bonchev–Trinajstić information content (AvgIpc) is 3.10. The SMILES string of the molecule is CCCCCOc1ccc(N2C(=O)C[C@@H](Sc3nc4c(cc3C#N)CCCCCC4)C2=O)cc1. The maximum Gasteiger partial charge on any atom is 0.247 e. The van der Waals surface area contributed by atoms with Crippen LogP contribution in [0.5, 0.6) is 5.75 Å². The topological polar surface area (TPSA) is 83.3 Å². The number of aryl methyl sites for hydroxylation is 2. The van der Waals surface area contributed by atoms with Crippen LogP contribution in [0.15, 0.2) is 35.4 Å². The van der Waals surface area contributed by atoms with Gasteiger partial charge in [0.15, 0.2) is 0 Å². The van der Waals surface area contributed by atoms with Crippen molar-refractivity contribution in [1.82, 2.24) is 4.98 Å². The molecular formula is C27H31N3O3S. The largest absolute Gasteiger partial charge is 0.494 e. The van der Waals surface area contributed by atoms with E-state index in [0.29, 0.717) is 22.9 Å². The first-order chi connectivity index (χ1) is 16.6. The van der Waals surface area contributed by atoms with Gasteiger partial charge in [-0.05, 0) is 68.0 Å². The number of hydrogen-bond donors (Lipinski definition) is 0. The van der Waals surface area contributed by atoms with Crippen LogP contribution in [0.3, 0.4) is 0 Å². The summed E-state index contributed by atoms with van der Waals surface area (Å²) in [7, 11) is 0. The van der Waals surface area contributed by atoms with E-state index >= 15 is 0 Å². The highest BCUT2D eigenvalue weighted by molar-refractivity contribution is 8.00. The molecule has 1 aromatic carbocycles. The number of aromatic nitrogens is 1. The van der Waals surface area contributed by atoms with Crippen LogP contribution in [0.25, 0.3) is 0 Å². The zero-order chi connectivity index (χ0) is 23.9. The predicted molar refractivity (Wildman–Crippen MR) is 133 cm³/mol. The zero-order valence-electron chi connectivity index (χ0n) is 19.7. The Kier molecular flexibility index (Phi) is 8.23. The molecule has 1 atom stereocenters. The van der Waals surface area contributed by atoms with Crippen molar-refractivity contribution in [3.8, 4) is 11.8 Å². The summed E-state index contributed by atoms with van der Waals surface area (Å²) in [6.07, 6.45) is 9.79. The van der Waals surface area contributed by atoms with E-state index in [2.05, 4.69) is 13.0 Å². The molecule has 1 fully saturated rings. The summed E-state index contributed by atoms with van der Waals surface area (Å²) in [5.41, 5.74) is 3.22. The summed E-state index contributed by atoms with van der Waals surface area (Å²) in [4.78, 5) is 32.0. The number of nitrogens with zero attached hydrogens (tertiary/aromatic N) is 3. The lowest BCUT2D eigenvalue weighted by Gasteiger charge is -2.17. The minimum Gasteiger partial charge on any atom is -0.494 e. The van der Waals surface area contributed by atoms with Gasteiger partial charge in [-0.2, -0.15) is 5.26 Å². The summed E-state index contributed by atoms with van der Waals surface area (Å²) in [6.45, 7) is 2.80. The Hall–Kier alpha value is -2.85. The number of nitriles is 1. The monoisotopic (exact) mass is 477 g/mol. The number of amides is 2. The number of pyridine rings is 1. The van der Waals surface area contributed by atoms with Crippen LogP contribution in [0.2, 0.25) is 0 Å². The van der Waals surface area contributed by atoms with Crippen LogP contribution < -0.4 is 9.64 Å². The molecule has 1 aliphatic carbocycles. The number of imide groups is 1. The van der Waals surface area contributed by atoms with E-state index in [4.69, 9.17) is 9.72 Å². The molecule has 34 heavy (non-hydrogen) atoms. The number of carbonyl (C=O) groups is 2. The van der Waals surface area contributed by atoms with Crippen LogP contribution >= 0.6 is 11.8 Å². The molecule has 4 rings (SSSR count). The van der Waals surface area contributed by atoms with Crippen molar-refractivity contribution in [2.75, 3.05) is 11.5 Å². The smallest absolute Gasteiger partial charge is 0.247 e. The van der Waals surface area contributed by atoms with Crippen molar-refractivity contribution >= 4 is 29.3 Å². The Morgan fingerprint density at radius 1 is 1.12 bits per heavy atom. The summed E-state index contributed by atoms with van der Waals surface area (Å²) < 4.78 is 5.74. The van der Waals surface area contributed by atoms with Gasteiger partial charge >= 0.3 is 0 Å². The molecule has 0 bridgehead atoms. The molecular weight excluding hydrogens is 446 g/mol. The van der Waals surface area contributed by atoms with E-state index in [9.17, 15) is 14.9 Å². The number of carbonyl (C=O) groups excluding carboxylic acids is 2. The van der Waals surface area contributed by atoms with Gasteiger partial charge in [0, 0.05) is 12.1 Å². The molecule has 6 nitrogen and oxygen atoms in total. The Morgan fingerprint density at radius 2 is 1.88 bits per heavy atom. The normalized spacial score (nSPS) is 18.2. The van der Waals surface area contributed by atoms with Gasteiger partial charge in [-0.3, -0.25) is 9.59 Å². The molecule has 2 aliphatic rings. The first kappa shape index (κ1) is 24.3. The fraction of sp³-hybridized carbons (Fsp3) is 0.481. The molecule has 1 saturated heterocycles. The lowest BCUT2D eigenvalue weighted by molar-refractivity contribution is -0.121. The third-order valence-electron chi connectivity index (χ3n) is 6.36. The lowest BCUT2D eigenvalue weighted by Crippen LogP contribution is -2.31. The van der Waals surface area contributed by atoms with E-state index in [1.807, 2.05) is 6.07 Å². The molecule has 0 radical (unpaired) electrons. The van der Waals surface area contributed by atoms with Crippen LogP contribution in [0, 0.1) is 11.3 Å². The summed E-state index contributed by atoms with van der Waals surface area (Å²) in [5.74, 6) is 0.237. The highest BCUT2D eigenvalue weighted by Gasteiger charge is 2.40. The van der Waals surface area contributed by atoms with Gasteiger partial charge in [0.05, 0.1) is 23.1 Å². The minimum atomic E-state index is -0.580. The highest BCUT2D eigenvalue weighted by atomic mass is 32.2. The van der Waals surface area contributed by atoms with Crippen molar-refractivity contribution in [2.24, 2.45) is 0 Å². The Bertz CT molecular complexity index is 1080. The predicted octanol–water partition coefficient (Wildman–Crippen LogP) is 5.61. The molecule has 0 spiro atoms. The number of hydrogen-bond acceptors (Lipinski definition) is 6. The van der Waals surface area contributed by atoms with Crippen molar-refractivity contribution in [2.45, 2.75) is 81.4 Å². The first-order valence-electron chi connectivity index (χ1n) is 12.3. The summed E-state index contributed by atoms with van der Waals surface area (Å²) in [5, 5.41) is 9.69. The van der Waals surface area contributed by atoms with Crippen LogP contribution in [-0.2, 0) is 22.4 Å². The second-order valence-corrected chi connectivity index (χ2v) is 10.1. The van der Waals surface area contributed by atoms with Gasteiger partial charge in [-0.25, -0.2) is 9.88 Å². The van der Waals surface area contributed by atoms with Crippen molar-refractivity contribution < 1.29 is 14.3 Å². The summed E-state index contributed by atoms with van der Waals surface area (Å²) >= 11 is 1.25. The number of rotatable bonds is 8. The molecule has 0 N–H and O–H groups in total. The van der Waals surface area contributed by atoms with Gasteiger partial charge in [-0.15, -0.1) is 0 Å². The molecule has 2 aromatic rings. The van der Waals surface area contributed by atoms with Gasteiger partial charge in [-0.1, -0.05) is 44.4 Å². The second-order valence-electron chi connectivity index (χ2n) is 8.90.